The lowest BCUT2D eigenvalue weighted by Crippen LogP contribution is -2.41. The van der Waals surface area contributed by atoms with Gasteiger partial charge in [-0.1, -0.05) is 99.6 Å². The minimum atomic E-state index is -0.794. The summed E-state index contributed by atoms with van der Waals surface area (Å²) in [6.07, 6.45) is 0.821. The van der Waals surface area contributed by atoms with Crippen LogP contribution >= 0.6 is 11.3 Å². The first kappa shape index (κ1) is 33.3. The number of nitrogens with zero attached hydrogens (tertiary/aromatic N) is 2. The van der Waals surface area contributed by atoms with Gasteiger partial charge in [-0.05, 0) is 65.3 Å². The summed E-state index contributed by atoms with van der Waals surface area (Å²) >= 11 is 1.34. The van der Waals surface area contributed by atoms with Crippen molar-refractivity contribution in [2.45, 2.75) is 46.1 Å². The van der Waals surface area contributed by atoms with E-state index in [0.717, 1.165) is 34.2 Å². The molecule has 47 heavy (non-hydrogen) atoms. The van der Waals surface area contributed by atoms with Gasteiger partial charge in [0.1, 0.15) is 6.04 Å². The monoisotopic (exact) mass is 644 g/mol. The molecule has 0 unspecified atom stereocenters. The Bertz CT molecular complexity index is 1850. The highest BCUT2D eigenvalue weighted by Crippen LogP contribution is 2.31. The van der Waals surface area contributed by atoms with Gasteiger partial charge in [-0.15, -0.1) is 11.3 Å². The number of carbonyl (C=O) groups is 3. The third-order valence-corrected chi connectivity index (χ3v) is 8.90. The predicted molar refractivity (Wildman–Crippen MR) is 191 cm³/mol. The molecular weight excluding hydrogens is 605 g/mol. The lowest BCUT2D eigenvalue weighted by Gasteiger charge is -2.24. The molecule has 0 spiro atoms. The fourth-order valence-electron chi connectivity index (χ4n) is 5.51. The number of amides is 3. The van der Waals surface area contributed by atoms with E-state index in [-0.39, 0.29) is 17.7 Å². The van der Waals surface area contributed by atoms with E-state index in [1.165, 1.54) is 16.9 Å². The fraction of sp³-hybridized carbons (Fsp3) is 0.231. The van der Waals surface area contributed by atoms with E-state index in [4.69, 9.17) is 0 Å². The molecule has 1 aromatic heterocycles. The molecule has 5 aromatic rings. The molecule has 1 atom stereocenters. The molecule has 5 rings (SSSR count). The molecule has 3 amide bonds. The summed E-state index contributed by atoms with van der Waals surface area (Å²) in [5.41, 5.74) is 7.39. The number of rotatable bonds is 11. The second kappa shape index (κ2) is 15.0. The molecule has 240 valence electrons. The third-order valence-electron chi connectivity index (χ3n) is 8.14. The summed E-state index contributed by atoms with van der Waals surface area (Å²) in [5, 5.41) is 8.26. The highest BCUT2D eigenvalue weighted by molar-refractivity contribution is 7.14. The van der Waals surface area contributed by atoms with Crippen molar-refractivity contribution >= 4 is 34.2 Å². The minimum Gasteiger partial charge on any atom is -0.344 e. The Labute approximate surface area is 280 Å². The van der Waals surface area contributed by atoms with Crippen LogP contribution in [-0.4, -0.2) is 41.2 Å². The van der Waals surface area contributed by atoms with Crippen molar-refractivity contribution in [2.24, 2.45) is 0 Å². The standard InChI is InChI=1S/C39H40N4O3S/c1-6-23-43(5)38(46)35(30-12-8-7-9-13-30)41-36(44)31-21-17-28(18-22-31)33-24-47-39(40-33)42-37(45)32-14-10-11-26(4)34(32)29-19-15-27(16-20-29)25(2)3/h7-22,24-25,35H,6,23H2,1-5H3,(H,41,44)(H,40,42,45)/t35-/m0/s1. The Balaban J connectivity index is 1.29. The average molecular weight is 645 g/mol. The van der Waals surface area contributed by atoms with Crippen LogP contribution in [0.4, 0.5) is 5.13 Å². The second-order valence-corrected chi connectivity index (χ2v) is 12.8. The van der Waals surface area contributed by atoms with E-state index < -0.39 is 6.04 Å². The minimum absolute atomic E-state index is 0.165. The smallest absolute Gasteiger partial charge is 0.258 e. The first-order chi connectivity index (χ1) is 22.7. The zero-order valence-electron chi connectivity index (χ0n) is 27.4. The Morgan fingerprint density at radius 1 is 0.809 bits per heavy atom. The van der Waals surface area contributed by atoms with Crippen molar-refractivity contribution in [3.8, 4) is 22.4 Å². The van der Waals surface area contributed by atoms with Gasteiger partial charge in [-0.25, -0.2) is 4.98 Å². The number of thiazole rings is 1. The van der Waals surface area contributed by atoms with Gasteiger partial charge >= 0.3 is 0 Å². The quantitative estimate of drug-likeness (QED) is 0.151. The van der Waals surface area contributed by atoms with Gasteiger partial charge < -0.3 is 10.2 Å². The maximum absolute atomic E-state index is 13.5. The molecule has 1 heterocycles. The summed E-state index contributed by atoms with van der Waals surface area (Å²) in [6, 6.07) is 29.7. The number of anilines is 1. The molecule has 0 radical (unpaired) electrons. The number of hydrogen-bond donors (Lipinski definition) is 2. The van der Waals surface area contributed by atoms with E-state index in [2.05, 4.69) is 53.7 Å². The van der Waals surface area contributed by atoms with Crippen LogP contribution in [0.2, 0.25) is 0 Å². The van der Waals surface area contributed by atoms with Crippen LogP contribution in [0.25, 0.3) is 22.4 Å². The lowest BCUT2D eigenvalue weighted by molar-refractivity contribution is -0.132. The fourth-order valence-corrected chi connectivity index (χ4v) is 6.22. The molecule has 0 fully saturated rings. The molecule has 0 aliphatic rings. The van der Waals surface area contributed by atoms with Crippen LogP contribution in [0.15, 0.2) is 102 Å². The molecule has 0 bridgehead atoms. The van der Waals surface area contributed by atoms with Crippen molar-refractivity contribution in [3.63, 3.8) is 0 Å². The van der Waals surface area contributed by atoms with Crippen molar-refractivity contribution in [1.82, 2.24) is 15.2 Å². The van der Waals surface area contributed by atoms with Crippen LogP contribution in [0.5, 0.6) is 0 Å². The normalized spacial score (nSPS) is 11.6. The zero-order chi connectivity index (χ0) is 33.5. The largest absolute Gasteiger partial charge is 0.344 e. The number of hydrogen-bond acceptors (Lipinski definition) is 5. The highest BCUT2D eigenvalue weighted by atomic mass is 32.1. The zero-order valence-corrected chi connectivity index (χ0v) is 28.2. The molecule has 4 aromatic carbocycles. The SMILES string of the molecule is CCCN(C)C(=O)[C@@H](NC(=O)c1ccc(-c2csc(NC(=O)c3cccc(C)c3-c3ccc(C(C)C)cc3)n2)cc1)c1ccccc1. The molecule has 8 heteroatoms. The van der Waals surface area contributed by atoms with Gasteiger partial charge in [-0.3, -0.25) is 19.7 Å². The van der Waals surface area contributed by atoms with Crippen molar-refractivity contribution < 1.29 is 14.4 Å². The first-order valence-electron chi connectivity index (χ1n) is 15.8. The van der Waals surface area contributed by atoms with Gasteiger partial charge in [0, 0.05) is 35.7 Å². The van der Waals surface area contributed by atoms with E-state index in [1.807, 2.05) is 79.9 Å². The molecule has 0 aliphatic carbocycles. The summed E-state index contributed by atoms with van der Waals surface area (Å²) in [6.45, 7) is 8.94. The topological polar surface area (TPSA) is 91.4 Å². The van der Waals surface area contributed by atoms with Crippen LogP contribution in [0, 0.1) is 6.92 Å². The Hall–Kier alpha value is -5.08. The van der Waals surface area contributed by atoms with Gasteiger partial charge in [-0.2, -0.15) is 0 Å². The van der Waals surface area contributed by atoms with Crippen LogP contribution < -0.4 is 10.6 Å². The number of carbonyl (C=O) groups excluding carboxylic acids is 3. The number of nitrogens with one attached hydrogen (secondary N) is 2. The molecule has 2 N–H and O–H groups in total. The summed E-state index contributed by atoms with van der Waals surface area (Å²) in [4.78, 5) is 46.3. The van der Waals surface area contributed by atoms with Crippen molar-refractivity contribution in [1.29, 1.82) is 0 Å². The van der Waals surface area contributed by atoms with Gasteiger partial charge in [0.05, 0.1) is 5.69 Å². The highest BCUT2D eigenvalue weighted by Gasteiger charge is 2.26. The van der Waals surface area contributed by atoms with Crippen molar-refractivity contribution in [3.05, 3.63) is 130 Å². The Kier molecular flexibility index (Phi) is 10.6. The molecule has 0 saturated carbocycles. The third kappa shape index (κ3) is 7.84. The maximum atomic E-state index is 13.5. The van der Waals surface area contributed by atoms with E-state index in [9.17, 15) is 14.4 Å². The van der Waals surface area contributed by atoms with Gasteiger partial charge in [0.25, 0.3) is 11.8 Å². The molecular formula is C39H40N4O3S. The summed E-state index contributed by atoms with van der Waals surface area (Å²) in [7, 11) is 1.75. The summed E-state index contributed by atoms with van der Waals surface area (Å²) in [5.74, 6) is -0.308. The molecule has 0 aliphatic heterocycles. The van der Waals surface area contributed by atoms with Crippen LogP contribution in [0.1, 0.15) is 76.6 Å². The maximum Gasteiger partial charge on any atom is 0.258 e. The summed E-state index contributed by atoms with van der Waals surface area (Å²) < 4.78 is 0. The molecule has 0 saturated heterocycles. The average Bonchev–Trinajstić information content (AvgIpc) is 3.55. The second-order valence-electron chi connectivity index (χ2n) is 11.9. The van der Waals surface area contributed by atoms with E-state index in [1.54, 1.807) is 24.1 Å². The number of likely N-dealkylation sites (N-methyl/N-ethyl adjacent to an activating group) is 1. The Morgan fingerprint density at radius 2 is 1.49 bits per heavy atom. The number of aryl methyl sites for hydroxylation is 1. The molecule has 7 nitrogen and oxygen atoms in total. The van der Waals surface area contributed by atoms with Crippen LogP contribution in [-0.2, 0) is 4.79 Å². The first-order valence-corrected chi connectivity index (χ1v) is 16.7. The van der Waals surface area contributed by atoms with E-state index >= 15 is 0 Å². The number of aromatic nitrogens is 1. The van der Waals surface area contributed by atoms with Gasteiger partial charge in [0.2, 0.25) is 5.91 Å². The number of benzene rings is 4. The van der Waals surface area contributed by atoms with E-state index in [0.29, 0.717) is 34.4 Å². The lowest BCUT2D eigenvalue weighted by atomic mass is 9.92. The Morgan fingerprint density at radius 3 is 2.15 bits per heavy atom. The predicted octanol–water partition coefficient (Wildman–Crippen LogP) is 8.50. The van der Waals surface area contributed by atoms with Crippen LogP contribution in [0.3, 0.4) is 0 Å². The van der Waals surface area contributed by atoms with Gasteiger partial charge in [0.15, 0.2) is 5.13 Å². The van der Waals surface area contributed by atoms with Crippen molar-refractivity contribution in [2.75, 3.05) is 18.9 Å².